The Kier molecular flexibility index (Phi) is 6.08. The first-order valence-corrected chi connectivity index (χ1v) is 18.3. The Morgan fingerprint density at radius 2 is 0.911 bits per heavy atom. The van der Waals surface area contributed by atoms with Gasteiger partial charge in [0, 0.05) is 37.2 Å². The van der Waals surface area contributed by atoms with Crippen LogP contribution in [0, 0.1) is 0 Å². The van der Waals surface area contributed by atoms with Gasteiger partial charge in [0.15, 0.2) is 8.07 Å². The van der Waals surface area contributed by atoms with E-state index in [0.717, 1.165) is 0 Å². The molecule has 0 atom stereocenters. The van der Waals surface area contributed by atoms with Crippen LogP contribution in [0.2, 0.25) is 0 Å². The minimum atomic E-state index is -2.60. The highest BCUT2D eigenvalue weighted by Gasteiger charge is 2.48. The van der Waals surface area contributed by atoms with Crippen molar-refractivity contribution in [2.75, 3.05) is 4.90 Å². The van der Waals surface area contributed by atoms with Gasteiger partial charge in [-0.15, -0.1) is 11.3 Å². The molecule has 1 nitrogen and oxygen atoms in total. The van der Waals surface area contributed by atoms with E-state index in [2.05, 4.69) is 181 Å². The van der Waals surface area contributed by atoms with Crippen LogP contribution in [-0.4, -0.2) is 8.07 Å². The molecule has 0 aliphatic carbocycles. The lowest BCUT2D eigenvalue weighted by molar-refractivity contribution is 1.29. The van der Waals surface area contributed by atoms with Crippen LogP contribution in [0.5, 0.6) is 0 Å². The van der Waals surface area contributed by atoms with Gasteiger partial charge in [0.05, 0.1) is 0 Å². The first kappa shape index (κ1) is 26.2. The Labute approximate surface area is 268 Å². The van der Waals surface area contributed by atoms with E-state index in [1.807, 2.05) is 11.3 Å². The largest absolute Gasteiger partial charge is 0.311 e. The van der Waals surface area contributed by atoms with E-state index in [-0.39, 0.29) is 0 Å². The summed E-state index contributed by atoms with van der Waals surface area (Å²) in [5.74, 6) is 0. The second-order valence-corrected chi connectivity index (χ2v) is 16.5. The summed E-state index contributed by atoms with van der Waals surface area (Å²) in [5.41, 5.74) is 6.16. The third-order valence-electron chi connectivity index (χ3n) is 9.35. The van der Waals surface area contributed by atoms with Crippen LogP contribution in [0.1, 0.15) is 0 Å². The highest BCUT2D eigenvalue weighted by atomic mass is 32.1. The Morgan fingerprint density at radius 1 is 0.400 bits per heavy atom. The van der Waals surface area contributed by atoms with E-state index in [1.165, 1.54) is 69.1 Å². The van der Waals surface area contributed by atoms with Gasteiger partial charge < -0.3 is 4.90 Å². The van der Waals surface area contributed by atoms with E-state index < -0.39 is 8.07 Å². The summed E-state index contributed by atoms with van der Waals surface area (Å²) >= 11 is 1.87. The molecule has 0 amide bonds. The molecule has 1 aliphatic heterocycles. The molecular weight excluding hydrogens is 579 g/mol. The molecule has 1 aliphatic rings. The van der Waals surface area contributed by atoms with Crippen LogP contribution in [0.25, 0.3) is 31.3 Å². The van der Waals surface area contributed by atoms with Crippen LogP contribution in [-0.2, 0) is 0 Å². The van der Waals surface area contributed by atoms with Gasteiger partial charge in [-0.1, -0.05) is 133 Å². The molecule has 212 valence electrons. The lowest BCUT2D eigenvalue weighted by atomic mass is 10.0. The summed E-state index contributed by atoms with van der Waals surface area (Å²) in [6.07, 6.45) is 0. The molecule has 0 saturated heterocycles. The van der Waals surface area contributed by atoms with E-state index in [0.29, 0.717) is 0 Å². The first-order chi connectivity index (χ1) is 22.3. The van der Waals surface area contributed by atoms with Gasteiger partial charge in [-0.3, -0.25) is 0 Å². The lowest BCUT2D eigenvalue weighted by Gasteiger charge is -2.45. The zero-order chi connectivity index (χ0) is 29.8. The predicted molar refractivity (Wildman–Crippen MR) is 197 cm³/mol. The van der Waals surface area contributed by atoms with Gasteiger partial charge in [0.1, 0.15) is 0 Å². The fourth-order valence-electron chi connectivity index (χ4n) is 7.40. The van der Waals surface area contributed by atoms with Gasteiger partial charge in [-0.25, -0.2) is 0 Å². The molecule has 0 bridgehead atoms. The number of para-hydroxylation sites is 2. The maximum absolute atomic E-state index is 2.60. The molecule has 0 N–H and O–H groups in total. The van der Waals surface area contributed by atoms with E-state index in [9.17, 15) is 0 Å². The van der Waals surface area contributed by atoms with E-state index in [4.69, 9.17) is 0 Å². The monoisotopic (exact) mass is 607 g/mol. The molecule has 45 heavy (non-hydrogen) atoms. The van der Waals surface area contributed by atoms with Crippen molar-refractivity contribution in [3.63, 3.8) is 0 Å². The minimum absolute atomic E-state index is 1.17. The fraction of sp³-hybridized carbons (Fsp3) is 0. The van der Waals surface area contributed by atoms with Crippen molar-refractivity contribution in [2.45, 2.75) is 0 Å². The SMILES string of the molecule is c1ccc([Si]2(c3ccccc3)c3ccccc3N(c3ccc(-c4ccc5sc6ccccc6c5c4)cc3)c3ccccc32)cc1. The van der Waals surface area contributed by atoms with Crippen molar-refractivity contribution in [1.29, 1.82) is 0 Å². The Hall–Kier alpha value is -5.22. The van der Waals surface area contributed by atoms with Gasteiger partial charge in [0.2, 0.25) is 0 Å². The molecule has 8 aromatic rings. The number of benzene rings is 7. The molecular formula is C42H29NSSi. The average Bonchev–Trinajstić information content (AvgIpc) is 3.49. The Morgan fingerprint density at radius 3 is 1.56 bits per heavy atom. The summed E-state index contributed by atoms with van der Waals surface area (Å²) in [4.78, 5) is 2.47. The average molecular weight is 608 g/mol. The van der Waals surface area contributed by atoms with Crippen LogP contribution < -0.4 is 25.6 Å². The number of fused-ring (bicyclic) bond motifs is 5. The molecule has 3 heteroatoms. The third-order valence-corrected chi connectivity index (χ3v) is 15.4. The van der Waals surface area contributed by atoms with Crippen molar-refractivity contribution >= 4 is 77.4 Å². The smallest absolute Gasteiger partial charge is 0.184 e. The van der Waals surface area contributed by atoms with Crippen LogP contribution in [0.3, 0.4) is 0 Å². The Balaban J connectivity index is 1.22. The second-order valence-electron chi connectivity index (χ2n) is 11.7. The first-order valence-electron chi connectivity index (χ1n) is 15.4. The number of nitrogens with zero attached hydrogens (tertiary/aromatic N) is 1. The van der Waals surface area contributed by atoms with Crippen molar-refractivity contribution < 1.29 is 0 Å². The molecule has 1 aromatic heterocycles. The summed E-state index contributed by atoms with van der Waals surface area (Å²) in [6, 6.07) is 65.3. The molecule has 0 radical (unpaired) electrons. The number of anilines is 3. The molecule has 0 fully saturated rings. The van der Waals surface area contributed by atoms with Crippen LogP contribution in [0.15, 0.2) is 176 Å². The molecule has 0 spiro atoms. The summed E-state index contributed by atoms with van der Waals surface area (Å²) in [7, 11) is -2.60. The summed E-state index contributed by atoms with van der Waals surface area (Å²) < 4.78 is 2.68. The van der Waals surface area contributed by atoms with Gasteiger partial charge in [-0.2, -0.15) is 0 Å². The van der Waals surface area contributed by atoms with Crippen LogP contribution >= 0.6 is 11.3 Å². The zero-order valence-corrected chi connectivity index (χ0v) is 26.4. The van der Waals surface area contributed by atoms with Gasteiger partial charge >= 0.3 is 0 Å². The van der Waals surface area contributed by atoms with Gasteiger partial charge in [-0.05, 0) is 74.3 Å². The number of rotatable bonds is 4. The minimum Gasteiger partial charge on any atom is -0.311 e. The summed E-state index contributed by atoms with van der Waals surface area (Å²) in [5, 5.41) is 8.31. The van der Waals surface area contributed by atoms with Crippen molar-refractivity contribution in [2.24, 2.45) is 0 Å². The van der Waals surface area contributed by atoms with Crippen molar-refractivity contribution in [3.05, 3.63) is 176 Å². The third kappa shape index (κ3) is 3.98. The van der Waals surface area contributed by atoms with E-state index >= 15 is 0 Å². The normalized spacial score (nSPS) is 13.5. The quantitative estimate of drug-likeness (QED) is 0.181. The molecule has 0 saturated carbocycles. The number of hydrogen-bond acceptors (Lipinski definition) is 2. The highest BCUT2D eigenvalue weighted by Crippen LogP contribution is 2.40. The van der Waals surface area contributed by atoms with Crippen LogP contribution in [0.4, 0.5) is 17.1 Å². The number of thiophene rings is 1. The lowest BCUT2D eigenvalue weighted by Crippen LogP contribution is -2.77. The Bertz CT molecular complexity index is 2230. The van der Waals surface area contributed by atoms with Gasteiger partial charge in [0.25, 0.3) is 0 Å². The molecule has 0 unspecified atom stereocenters. The maximum atomic E-state index is 2.47. The standard InChI is InChI=1S/C42H29NSSi/c1-3-13-33(14-4-1)45(34-15-5-2-6-16-34)41-21-11-8-18-37(41)43(38-19-9-12-22-42(38)45)32-26-23-30(24-27-32)31-25-28-40-36(29-31)35-17-7-10-20-39(35)44-40/h1-29H. The highest BCUT2D eigenvalue weighted by molar-refractivity contribution is 7.25. The van der Waals surface area contributed by atoms with Crippen molar-refractivity contribution in [3.8, 4) is 11.1 Å². The predicted octanol–water partition coefficient (Wildman–Crippen LogP) is 8.88. The second kappa shape index (κ2) is 10.4. The van der Waals surface area contributed by atoms with E-state index in [1.54, 1.807) is 0 Å². The van der Waals surface area contributed by atoms with Crippen molar-refractivity contribution in [1.82, 2.24) is 0 Å². The maximum Gasteiger partial charge on any atom is 0.184 e. The summed E-state index contributed by atoms with van der Waals surface area (Å²) in [6.45, 7) is 0. The molecule has 2 heterocycles. The molecule has 7 aromatic carbocycles. The zero-order valence-electron chi connectivity index (χ0n) is 24.6. The fourth-order valence-corrected chi connectivity index (χ4v) is 13.6. The molecule has 9 rings (SSSR count). The number of hydrogen-bond donors (Lipinski definition) is 0. The topological polar surface area (TPSA) is 3.24 Å².